The molecule has 0 aliphatic heterocycles. The van der Waals surface area contributed by atoms with Crippen molar-refractivity contribution < 1.29 is 0 Å². The van der Waals surface area contributed by atoms with Gasteiger partial charge in [0, 0.05) is 11.3 Å². The molecule has 0 aliphatic rings. The number of aromatic nitrogens is 2. The zero-order valence-electron chi connectivity index (χ0n) is 12.6. The minimum atomic E-state index is 0.823. The quantitative estimate of drug-likeness (QED) is 0.501. The summed E-state index contributed by atoms with van der Waals surface area (Å²) in [7, 11) is 0. The normalized spacial score (nSPS) is 10.6. The van der Waals surface area contributed by atoms with E-state index in [1.807, 2.05) is 25.1 Å². The number of benzene rings is 2. The Balaban J connectivity index is 1.70. The summed E-state index contributed by atoms with van der Waals surface area (Å²) in [5.41, 5.74) is 3.50. The molecular weight excluding hydrogens is 288 g/mol. The second-order valence-electron chi connectivity index (χ2n) is 5.09. The Hall–Kier alpha value is -2.13. The predicted molar refractivity (Wildman–Crippen MR) is 93.1 cm³/mol. The van der Waals surface area contributed by atoms with Gasteiger partial charge in [-0.05, 0) is 25.0 Å². The van der Waals surface area contributed by atoms with Gasteiger partial charge in [0.25, 0.3) is 0 Å². The standard InChI is InChI=1S/C19H18N2S/c1-15-20-18(17-10-6-3-7-11-17)14-19(21-15)22-13-12-16-8-4-2-5-9-16/h2-11,14H,12-13H2,1H3. The maximum absolute atomic E-state index is 4.55. The van der Waals surface area contributed by atoms with Gasteiger partial charge in [0.05, 0.1) is 5.69 Å². The first-order chi connectivity index (χ1) is 10.8. The minimum Gasteiger partial charge on any atom is -0.233 e. The van der Waals surface area contributed by atoms with Gasteiger partial charge in [-0.15, -0.1) is 11.8 Å². The van der Waals surface area contributed by atoms with Crippen molar-refractivity contribution >= 4 is 11.8 Å². The van der Waals surface area contributed by atoms with E-state index in [4.69, 9.17) is 0 Å². The zero-order chi connectivity index (χ0) is 15.2. The Morgan fingerprint density at radius 1 is 0.864 bits per heavy atom. The molecule has 0 bridgehead atoms. The van der Waals surface area contributed by atoms with Gasteiger partial charge >= 0.3 is 0 Å². The zero-order valence-corrected chi connectivity index (χ0v) is 13.4. The average molecular weight is 306 g/mol. The smallest absolute Gasteiger partial charge is 0.127 e. The van der Waals surface area contributed by atoms with Gasteiger partial charge in [0.1, 0.15) is 10.9 Å². The predicted octanol–water partition coefficient (Wildman–Crippen LogP) is 4.79. The average Bonchev–Trinajstić information content (AvgIpc) is 2.56. The van der Waals surface area contributed by atoms with Crippen LogP contribution in [0.4, 0.5) is 0 Å². The molecule has 22 heavy (non-hydrogen) atoms. The lowest BCUT2D eigenvalue weighted by molar-refractivity contribution is 0.970. The molecule has 1 heterocycles. The van der Waals surface area contributed by atoms with Gasteiger partial charge in [-0.2, -0.15) is 0 Å². The highest BCUT2D eigenvalue weighted by atomic mass is 32.2. The summed E-state index contributed by atoms with van der Waals surface area (Å²) < 4.78 is 0. The summed E-state index contributed by atoms with van der Waals surface area (Å²) in [6.07, 6.45) is 1.05. The molecule has 0 aliphatic carbocycles. The first-order valence-corrected chi connectivity index (χ1v) is 8.38. The largest absolute Gasteiger partial charge is 0.233 e. The number of hydrogen-bond acceptors (Lipinski definition) is 3. The van der Waals surface area contributed by atoms with Crippen LogP contribution in [-0.2, 0) is 6.42 Å². The topological polar surface area (TPSA) is 25.8 Å². The van der Waals surface area contributed by atoms with Crippen LogP contribution in [0.2, 0.25) is 0 Å². The molecule has 0 radical (unpaired) electrons. The summed E-state index contributed by atoms with van der Waals surface area (Å²) in [4.78, 5) is 9.09. The van der Waals surface area contributed by atoms with Crippen LogP contribution in [0.5, 0.6) is 0 Å². The molecule has 0 spiro atoms. The van der Waals surface area contributed by atoms with Crippen LogP contribution in [0.25, 0.3) is 11.3 Å². The first-order valence-electron chi connectivity index (χ1n) is 7.39. The molecule has 0 amide bonds. The lowest BCUT2D eigenvalue weighted by Crippen LogP contribution is -1.95. The molecule has 1 aromatic heterocycles. The van der Waals surface area contributed by atoms with Crippen molar-refractivity contribution in [2.75, 3.05) is 5.75 Å². The van der Waals surface area contributed by atoms with Crippen molar-refractivity contribution in [2.24, 2.45) is 0 Å². The van der Waals surface area contributed by atoms with Crippen molar-refractivity contribution in [1.29, 1.82) is 0 Å². The number of hydrogen-bond donors (Lipinski definition) is 0. The fourth-order valence-corrected chi connectivity index (χ4v) is 3.23. The van der Waals surface area contributed by atoms with Crippen molar-refractivity contribution in [3.05, 3.63) is 78.1 Å². The van der Waals surface area contributed by atoms with E-state index >= 15 is 0 Å². The molecular formula is C19H18N2S. The van der Waals surface area contributed by atoms with E-state index in [2.05, 4.69) is 58.5 Å². The van der Waals surface area contributed by atoms with Gasteiger partial charge in [-0.3, -0.25) is 0 Å². The second-order valence-corrected chi connectivity index (χ2v) is 6.20. The molecule has 3 aromatic rings. The maximum Gasteiger partial charge on any atom is 0.127 e. The van der Waals surface area contributed by atoms with Crippen LogP contribution in [0.3, 0.4) is 0 Å². The van der Waals surface area contributed by atoms with Gasteiger partial charge in [-0.1, -0.05) is 60.7 Å². The number of thioether (sulfide) groups is 1. The fourth-order valence-electron chi connectivity index (χ4n) is 2.29. The van der Waals surface area contributed by atoms with Gasteiger partial charge in [0.2, 0.25) is 0 Å². The molecule has 3 heteroatoms. The van der Waals surface area contributed by atoms with Crippen LogP contribution in [0.1, 0.15) is 11.4 Å². The van der Waals surface area contributed by atoms with Crippen LogP contribution in [0.15, 0.2) is 71.8 Å². The van der Waals surface area contributed by atoms with E-state index in [0.717, 1.165) is 34.3 Å². The molecule has 0 fully saturated rings. The first kappa shape index (κ1) is 14.8. The van der Waals surface area contributed by atoms with E-state index in [-0.39, 0.29) is 0 Å². The molecule has 2 aromatic carbocycles. The number of aryl methyl sites for hydroxylation is 2. The highest BCUT2D eigenvalue weighted by molar-refractivity contribution is 7.99. The lowest BCUT2D eigenvalue weighted by Gasteiger charge is -2.06. The third kappa shape index (κ3) is 3.95. The third-order valence-corrected chi connectivity index (χ3v) is 4.28. The van der Waals surface area contributed by atoms with Gasteiger partial charge < -0.3 is 0 Å². The van der Waals surface area contributed by atoms with E-state index in [0.29, 0.717) is 0 Å². The Bertz CT molecular complexity index is 727. The molecule has 0 saturated heterocycles. The molecule has 0 atom stereocenters. The number of nitrogens with zero attached hydrogens (tertiary/aromatic N) is 2. The maximum atomic E-state index is 4.55. The van der Waals surface area contributed by atoms with Gasteiger partial charge in [0.15, 0.2) is 0 Å². The Morgan fingerprint density at radius 2 is 1.55 bits per heavy atom. The summed E-state index contributed by atoms with van der Waals surface area (Å²) in [6, 6.07) is 22.9. The van der Waals surface area contributed by atoms with E-state index in [9.17, 15) is 0 Å². The van der Waals surface area contributed by atoms with Crippen molar-refractivity contribution in [2.45, 2.75) is 18.4 Å². The number of rotatable bonds is 5. The summed E-state index contributed by atoms with van der Waals surface area (Å²) >= 11 is 1.79. The van der Waals surface area contributed by atoms with Crippen LogP contribution < -0.4 is 0 Å². The highest BCUT2D eigenvalue weighted by Crippen LogP contribution is 2.23. The van der Waals surface area contributed by atoms with E-state index < -0.39 is 0 Å². The third-order valence-electron chi connectivity index (χ3n) is 3.37. The van der Waals surface area contributed by atoms with Crippen LogP contribution in [-0.4, -0.2) is 15.7 Å². The SMILES string of the molecule is Cc1nc(SCCc2ccccc2)cc(-c2ccccc2)n1. The van der Waals surface area contributed by atoms with Crippen LogP contribution in [0, 0.1) is 6.92 Å². The second kappa shape index (κ2) is 7.23. The lowest BCUT2D eigenvalue weighted by atomic mass is 10.1. The van der Waals surface area contributed by atoms with Crippen LogP contribution >= 0.6 is 11.8 Å². The summed E-state index contributed by atoms with van der Waals surface area (Å²) in [6.45, 7) is 1.95. The monoisotopic (exact) mass is 306 g/mol. The van der Waals surface area contributed by atoms with E-state index in [1.165, 1.54) is 5.56 Å². The molecule has 2 nitrogen and oxygen atoms in total. The van der Waals surface area contributed by atoms with Gasteiger partial charge in [-0.25, -0.2) is 9.97 Å². The van der Waals surface area contributed by atoms with Crippen molar-refractivity contribution in [3.63, 3.8) is 0 Å². The van der Waals surface area contributed by atoms with E-state index in [1.54, 1.807) is 11.8 Å². The fraction of sp³-hybridized carbons (Fsp3) is 0.158. The Kier molecular flexibility index (Phi) is 4.86. The molecule has 3 rings (SSSR count). The highest BCUT2D eigenvalue weighted by Gasteiger charge is 2.05. The van der Waals surface area contributed by atoms with Crippen molar-refractivity contribution in [3.8, 4) is 11.3 Å². The summed E-state index contributed by atoms with van der Waals surface area (Å²) in [5, 5.41) is 1.04. The molecule has 0 unspecified atom stereocenters. The molecule has 0 N–H and O–H groups in total. The molecule has 0 saturated carbocycles. The Labute approximate surface area is 135 Å². The Morgan fingerprint density at radius 3 is 2.27 bits per heavy atom. The summed E-state index contributed by atoms with van der Waals surface area (Å²) in [5.74, 6) is 1.85. The minimum absolute atomic E-state index is 0.823. The van der Waals surface area contributed by atoms with Crippen molar-refractivity contribution in [1.82, 2.24) is 9.97 Å². The molecule has 110 valence electrons.